The van der Waals surface area contributed by atoms with Gasteiger partial charge in [0.2, 0.25) is 5.91 Å². The van der Waals surface area contributed by atoms with Gasteiger partial charge in [0, 0.05) is 18.9 Å². The Hall–Kier alpha value is -1.50. The van der Waals surface area contributed by atoms with Gasteiger partial charge in [-0.1, -0.05) is 13.3 Å². The lowest BCUT2D eigenvalue weighted by Crippen LogP contribution is -2.42. The average Bonchev–Trinajstić information content (AvgIpc) is 2.55. The van der Waals surface area contributed by atoms with Crippen LogP contribution in [0.2, 0.25) is 0 Å². The molecule has 0 aromatic rings. The van der Waals surface area contributed by atoms with Crippen molar-refractivity contribution in [3.63, 3.8) is 0 Å². The van der Waals surface area contributed by atoms with Gasteiger partial charge in [-0.05, 0) is 6.42 Å². The highest BCUT2D eigenvalue weighted by Gasteiger charge is 2.36. The second-order valence-electron chi connectivity index (χ2n) is 3.76. The molecular formula is C11H15NO3. The van der Waals surface area contributed by atoms with Crippen LogP contribution >= 0.6 is 0 Å². The minimum atomic E-state index is -0.942. The third kappa shape index (κ3) is 2.50. The molecule has 4 heteroatoms. The summed E-state index contributed by atoms with van der Waals surface area (Å²) >= 11 is 0. The topological polar surface area (TPSA) is 57.6 Å². The number of carbonyl (C=O) groups is 2. The number of likely N-dealkylation sites (tertiary alicyclic amines) is 1. The number of aliphatic carboxylic acids is 1. The summed E-state index contributed by atoms with van der Waals surface area (Å²) in [6.45, 7) is 2.28. The molecule has 1 fully saturated rings. The molecular weight excluding hydrogens is 194 g/mol. The molecule has 4 nitrogen and oxygen atoms in total. The number of carbonyl (C=O) groups excluding carboxylic acids is 1. The van der Waals surface area contributed by atoms with E-state index in [1.54, 1.807) is 0 Å². The summed E-state index contributed by atoms with van der Waals surface area (Å²) in [5.41, 5.74) is 0. The summed E-state index contributed by atoms with van der Waals surface area (Å²) in [5.74, 6) is 1.29. The molecule has 0 saturated carbocycles. The number of carboxylic acids is 1. The van der Waals surface area contributed by atoms with Crippen molar-refractivity contribution in [2.24, 2.45) is 5.92 Å². The third-order valence-electron chi connectivity index (χ3n) is 2.62. The first-order valence-electron chi connectivity index (χ1n) is 5.08. The molecule has 1 amide bonds. The van der Waals surface area contributed by atoms with Crippen LogP contribution in [0.5, 0.6) is 0 Å². The van der Waals surface area contributed by atoms with Crippen molar-refractivity contribution in [1.29, 1.82) is 0 Å². The Morgan fingerprint density at radius 3 is 2.87 bits per heavy atom. The van der Waals surface area contributed by atoms with Crippen LogP contribution in [0.15, 0.2) is 0 Å². The predicted molar refractivity (Wildman–Crippen MR) is 55.0 cm³/mol. The van der Waals surface area contributed by atoms with Crippen LogP contribution in [0, 0.1) is 18.3 Å². The molecule has 0 radical (unpaired) electrons. The van der Waals surface area contributed by atoms with Gasteiger partial charge >= 0.3 is 5.97 Å². The van der Waals surface area contributed by atoms with Crippen LogP contribution in [0.25, 0.3) is 0 Å². The summed E-state index contributed by atoms with van der Waals surface area (Å²) in [6.07, 6.45) is 6.74. The summed E-state index contributed by atoms with van der Waals surface area (Å²) in [7, 11) is 0. The fraction of sp³-hybridized carbons (Fsp3) is 0.636. The average molecular weight is 209 g/mol. The van der Waals surface area contributed by atoms with E-state index in [0.717, 1.165) is 6.42 Å². The zero-order valence-corrected chi connectivity index (χ0v) is 8.77. The van der Waals surface area contributed by atoms with E-state index in [0.29, 0.717) is 13.0 Å². The van der Waals surface area contributed by atoms with Crippen molar-refractivity contribution in [1.82, 2.24) is 4.90 Å². The molecule has 2 unspecified atom stereocenters. The van der Waals surface area contributed by atoms with Crippen LogP contribution in [0.1, 0.15) is 26.2 Å². The van der Waals surface area contributed by atoms with Gasteiger partial charge in [-0.15, -0.1) is 12.3 Å². The summed E-state index contributed by atoms with van der Waals surface area (Å²) < 4.78 is 0. The van der Waals surface area contributed by atoms with Gasteiger partial charge in [-0.25, -0.2) is 4.79 Å². The SMILES string of the molecule is C#CC1CC(=O)N(C(CCC)C(=O)O)C1. The largest absolute Gasteiger partial charge is 0.480 e. The summed E-state index contributed by atoms with van der Waals surface area (Å²) in [4.78, 5) is 23.9. The van der Waals surface area contributed by atoms with Gasteiger partial charge in [0.1, 0.15) is 6.04 Å². The second-order valence-corrected chi connectivity index (χ2v) is 3.76. The van der Waals surface area contributed by atoms with Gasteiger partial charge in [0.25, 0.3) is 0 Å². The van der Waals surface area contributed by atoms with Gasteiger partial charge in [-0.3, -0.25) is 4.79 Å². The smallest absolute Gasteiger partial charge is 0.326 e. The van der Waals surface area contributed by atoms with Crippen LogP contribution < -0.4 is 0 Å². The van der Waals surface area contributed by atoms with E-state index in [2.05, 4.69) is 5.92 Å². The van der Waals surface area contributed by atoms with Crippen molar-refractivity contribution in [2.45, 2.75) is 32.2 Å². The maximum atomic E-state index is 11.5. The predicted octanol–water partition coefficient (Wildman–Crippen LogP) is 0.721. The number of nitrogens with zero attached hydrogens (tertiary/aromatic N) is 1. The van der Waals surface area contributed by atoms with Crippen LogP contribution in [0.4, 0.5) is 0 Å². The minimum Gasteiger partial charge on any atom is -0.480 e. The Morgan fingerprint density at radius 2 is 2.47 bits per heavy atom. The quantitative estimate of drug-likeness (QED) is 0.694. The lowest BCUT2D eigenvalue weighted by molar-refractivity contribution is -0.148. The van der Waals surface area contributed by atoms with E-state index in [9.17, 15) is 9.59 Å². The molecule has 1 N–H and O–H groups in total. The van der Waals surface area contributed by atoms with Gasteiger partial charge in [0.05, 0.1) is 0 Å². The van der Waals surface area contributed by atoms with E-state index in [1.807, 2.05) is 6.92 Å². The summed E-state index contributed by atoms with van der Waals surface area (Å²) in [6, 6.07) is -0.708. The number of hydrogen-bond donors (Lipinski definition) is 1. The Morgan fingerprint density at radius 1 is 1.80 bits per heavy atom. The van der Waals surface area contributed by atoms with Crippen molar-refractivity contribution in [2.75, 3.05) is 6.54 Å². The molecule has 0 aliphatic carbocycles. The molecule has 1 saturated heterocycles. The van der Waals surface area contributed by atoms with Crippen LogP contribution in [-0.4, -0.2) is 34.5 Å². The van der Waals surface area contributed by atoms with Crippen LogP contribution in [0.3, 0.4) is 0 Å². The second kappa shape index (κ2) is 4.83. The van der Waals surface area contributed by atoms with Gasteiger partial charge < -0.3 is 10.0 Å². The molecule has 1 aliphatic rings. The van der Waals surface area contributed by atoms with Crippen molar-refractivity contribution >= 4 is 11.9 Å². The lowest BCUT2D eigenvalue weighted by Gasteiger charge is -2.23. The molecule has 0 aromatic heterocycles. The molecule has 0 aromatic carbocycles. The van der Waals surface area contributed by atoms with E-state index in [1.165, 1.54) is 4.90 Å². The van der Waals surface area contributed by atoms with E-state index >= 15 is 0 Å². The number of terminal acetylenes is 1. The number of rotatable bonds is 4. The maximum absolute atomic E-state index is 11.5. The number of hydrogen-bond acceptors (Lipinski definition) is 2. The first-order chi connectivity index (χ1) is 7.10. The fourth-order valence-corrected chi connectivity index (χ4v) is 1.83. The normalized spacial score (nSPS) is 22.5. The molecule has 82 valence electrons. The van der Waals surface area contributed by atoms with E-state index < -0.39 is 12.0 Å². The molecule has 0 bridgehead atoms. The molecule has 1 aliphatic heterocycles. The highest BCUT2D eigenvalue weighted by atomic mass is 16.4. The maximum Gasteiger partial charge on any atom is 0.326 e. The molecule has 0 spiro atoms. The highest BCUT2D eigenvalue weighted by Crippen LogP contribution is 2.21. The Labute approximate surface area is 89.3 Å². The van der Waals surface area contributed by atoms with E-state index in [-0.39, 0.29) is 18.2 Å². The van der Waals surface area contributed by atoms with Crippen molar-refractivity contribution in [3.05, 3.63) is 0 Å². The Bertz CT molecular complexity index is 305. The van der Waals surface area contributed by atoms with Gasteiger partial charge in [-0.2, -0.15) is 0 Å². The standard InChI is InChI=1S/C11H15NO3/c1-3-5-9(11(14)15)12-7-8(4-2)6-10(12)13/h2,8-9H,3,5-7H2,1H3,(H,14,15). The molecule has 15 heavy (non-hydrogen) atoms. The van der Waals surface area contributed by atoms with E-state index in [4.69, 9.17) is 11.5 Å². The monoisotopic (exact) mass is 209 g/mol. The first kappa shape index (κ1) is 11.6. The highest BCUT2D eigenvalue weighted by molar-refractivity contribution is 5.85. The number of amides is 1. The molecule has 1 heterocycles. The van der Waals surface area contributed by atoms with Crippen molar-refractivity contribution < 1.29 is 14.7 Å². The van der Waals surface area contributed by atoms with Gasteiger partial charge in [0.15, 0.2) is 0 Å². The zero-order valence-electron chi connectivity index (χ0n) is 8.77. The summed E-state index contributed by atoms with van der Waals surface area (Å²) in [5, 5.41) is 9.00. The first-order valence-corrected chi connectivity index (χ1v) is 5.08. The minimum absolute atomic E-state index is 0.129. The molecule has 2 atom stereocenters. The van der Waals surface area contributed by atoms with Crippen molar-refractivity contribution in [3.8, 4) is 12.3 Å². The molecule has 1 rings (SSSR count). The third-order valence-corrected chi connectivity index (χ3v) is 2.62. The zero-order chi connectivity index (χ0) is 11.4. The Kier molecular flexibility index (Phi) is 3.73. The fourth-order valence-electron chi connectivity index (χ4n) is 1.83. The van der Waals surface area contributed by atoms with Crippen LogP contribution in [-0.2, 0) is 9.59 Å². The lowest BCUT2D eigenvalue weighted by atomic mass is 10.1. The Balaban J connectivity index is 2.73. The number of carboxylic acid groups (broad SMARTS) is 1.